The molecule has 2 amide bonds. The van der Waals surface area contributed by atoms with Gasteiger partial charge in [-0.2, -0.15) is 0 Å². The first kappa shape index (κ1) is 20.0. The van der Waals surface area contributed by atoms with Crippen LogP contribution in [-0.4, -0.2) is 30.3 Å². The van der Waals surface area contributed by atoms with Crippen LogP contribution in [0.25, 0.3) is 0 Å². The third-order valence-electron chi connectivity index (χ3n) is 3.26. The fourth-order valence-corrected chi connectivity index (χ4v) is 2.17. The van der Waals surface area contributed by atoms with Gasteiger partial charge < -0.3 is 20.1 Å². The van der Waals surface area contributed by atoms with Crippen molar-refractivity contribution in [1.29, 1.82) is 0 Å². The van der Waals surface area contributed by atoms with Crippen molar-refractivity contribution in [3.05, 3.63) is 47.7 Å². The highest BCUT2D eigenvalue weighted by molar-refractivity contribution is 5.96. The number of benzene rings is 1. The van der Waals surface area contributed by atoms with Crippen molar-refractivity contribution < 1.29 is 32.2 Å². The van der Waals surface area contributed by atoms with Crippen molar-refractivity contribution in [2.45, 2.75) is 19.8 Å². The summed E-state index contributed by atoms with van der Waals surface area (Å²) in [7, 11) is 1.29. The molecule has 2 N–H and O–H groups in total. The molecule has 0 aliphatic rings. The normalized spacial score (nSPS) is 10.9. The van der Waals surface area contributed by atoms with Crippen LogP contribution in [0.15, 0.2) is 36.5 Å². The zero-order valence-electron chi connectivity index (χ0n) is 14.4. The molecule has 10 heteroatoms. The smallest absolute Gasteiger partial charge is 0.496 e. The van der Waals surface area contributed by atoms with Gasteiger partial charge >= 0.3 is 6.36 Å². The Bertz CT molecular complexity index is 840. The van der Waals surface area contributed by atoms with Crippen LogP contribution in [0, 0.1) is 0 Å². The summed E-state index contributed by atoms with van der Waals surface area (Å²) >= 11 is 0. The minimum absolute atomic E-state index is 0.00605. The fourth-order valence-electron chi connectivity index (χ4n) is 2.17. The van der Waals surface area contributed by atoms with E-state index in [1.54, 1.807) is 0 Å². The number of ether oxygens (including phenoxy) is 2. The number of halogens is 3. The molecule has 27 heavy (non-hydrogen) atoms. The van der Waals surface area contributed by atoms with Crippen LogP contribution in [0.3, 0.4) is 0 Å². The second kappa shape index (κ2) is 8.39. The van der Waals surface area contributed by atoms with Crippen LogP contribution >= 0.6 is 0 Å². The van der Waals surface area contributed by atoms with E-state index < -0.39 is 18.0 Å². The molecule has 0 radical (unpaired) electrons. The molecule has 1 heterocycles. The van der Waals surface area contributed by atoms with Gasteiger partial charge in [-0.15, -0.1) is 13.2 Å². The predicted molar refractivity (Wildman–Crippen MR) is 89.4 cm³/mol. The molecule has 0 bridgehead atoms. The topological polar surface area (TPSA) is 89.6 Å². The van der Waals surface area contributed by atoms with Gasteiger partial charge in [-0.1, -0.05) is 0 Å². The SMILES string of the molecule is COc1cc(OC(F)(F)F)ccc1CNC(=O)c1ccnc(NC(C)=O)c1. The molecule has 7 nitrogen and oxygen atoms in total. The highest BCUT2D eigenvalue weighted by Crippen LogP contribution is 2.29. The molecule has 0 aliphatic heterocycles. The molecule has 2 rings (SSSR count). The standard InChI is InChI=1S/C17H16F3N3O4/c1-10(24)23-15-7-11(5-6-21-15)16(25)22-9-12-3-4-13(8-14(12)26-2)27-17(18,19)20/h3-8H,9H2,1-2H3,(H,22,25)(H,21,23,24). The van der Waals surface area contributed by atoms with Gasteiger partial charge in [0.15, 0.2) is 0 Å². The molecule has 0 unspecified atom stereocenters. The molecule has 0 fully saturated rings. The van der Waals surface area contributed by atoms with Crippen molar-refractivity contribution in [2.75, 3.05) is 12.4 Å². The van der Waals surface area contributed by atoms with Crippen molar-refractivity contribution >= 4 is 17.6 Å². The number of nitrogens with one attached hydrogen (secondary N) is 2. The molecular weight excluding hydrogens is 367 g/mol. The number of carbonyl (C=O) groups is 2. The van der Waals surface area contributed by atoms with E-state index in [-0.39, 0.29) is 29.6 Å². The van der Waals surface area contributed by atoms with E-state index in [2.05, 4.69) is 20.4 Å². The number of methoxy groups -OCH3 is 1. The van der Waals surface area contributed by atoms with Crippen LogP contribution < -0.4 is 20.1 Å². The largest absolute Gasteiger partial charge is 0.573 e. The molecular formula is C17H16F3N3O4. The van der Waals surface area contributed by atoms with Gasteiger partial charge in [-0.05, 0) is 24.3 Å². The maximum absolute atomic E-state index is 12.3. The van der Waals surface area contributed by atoms with Crippen LogP contribution in [0.5, 0.6) is 11.5 Å². The number of rotatable bonds is 6. The van der Waals surface area contributed by atoms with E-state index >= 15 is 0 Å². The Kier molecular flexibility index (Phi) is 6.22. The molecule has 144 valence electrons. The molecule has 0 atom stereocenters. The second-order valence-corrected chi connectivity index (χ2v) is 5.32. The predicted octanol–water partition coefficient (Wildman–Crippen LogP) is 2.88. The van der Waals surface area contributed by atoms with Gasteiger partial charge in [0.1, 0.15) is 17.3 Å². The zero-order valence-corrected chi connectivity index (χ0v) is 14.4. The van der Waals surface area contributed by atoms with E-state index in [4.69, 9.17) is 4.74 Å². The Hall–Kier alpha value is -3.30. The van der Waals surface area contributed by atoms with Crippen molar-refractivity contribution in [3.8, 4) is 11.5 Å². The van der Waals surface area contributed by atoms with Crippen LogP contribution in [0.4, 0.5) is 19.0 Å². The Labute approximate surface area is 152 Å². The van der Waals surface area contributed by atoms with Crippen LogP contribution in [-0.2, 0) is 11.3 Å². The average Bonchev–Trinajstić information content (AvgIpc) is 2.58. The Morgan fingerprint density at radius 3 is 2.56 bits per heavy atom. The number of amides is 2. The first-order valence-corrected chi connectivity index (χ1v) is 7.62. The van der Waals surface area contributed by atoms with E-state index in [9.17, 15) is 22.8 Å². The lowest BCUT2D eigenvalue weighted by molar-refractivity contribution is -0.274. The third-order valence-corrected chi connectivity index (χ3v) is 3.26. The van der Waals surface area contributed by atoms with E-state index in [0.29, 0.717) is 5.56 Å². The average molecular weight is 383 g/mol. The molecule has 0 spiro atoms. The summed E-state index contributed by atoms with van der Waals surface area (Å²) in [5.41, 5.74) is 0.709. The summed E-state index contributed by atoms with van der Waals surface area (Å²) in [6.45, 7) is 1.32. The first-order valence-electron chi connectivity index (χ1n) is 7.62. The van der Waals surface area contributed by atoms with Crippen molar-refractivity contribution in [3.63, 3.8) is 0 Å². The van der Waals surface area contributed by atoms with E-state index in [0.717, 1.165) is 12.1 Å². The minimum Gasteiger partial charge on any atom is -0.496 e. The monoisotopic (exact) mass is 383 g/mol. The summed E-state index contributed by atoms with van der Waals surface area (Å²) < 4.78 is 45.7. The number of nitrogens with zero attached hydrogens (tertiary/aromatic N) is 1. The number of carbonyl (C=O) groups excluding carboxylic acids is 2. The number of hydrogen-bond acceptors (Lipinski definition) is 5. The summed E-state index contributed by atoms with van der Waals surface area (Å²) in [5.74, 6) is -0.858. The molecule has 2 aromatic rings. The maximum atomic E-state index is 12.3. The number of hydrogen-bond donors (Lipinski definition) is 2. The Morgan fingerprint density at radius 2 is 1.93 bits per heavy atom. The van der Waals surface area contributed by atoms with Crippen molar-refractivity contribution in [2.24, 2.45) is 0 Å². The van der Waals surface area contributed by atoms with Crippen molar-refractivity contribution in [1.82, 2.24) is 10.3 Å². The fraction of sp³-hybridized carbons (Fsp3) is 0.235. The van der Waals surface area contributed by atoms with Crippen LogP contribution in [0.1, 0.15) is 22.8 Å². The number of aromatic nitrogens is 1. The van der Waals surface area contributed by atoms with Gasteiger partial charge in [0.25, 0.3) is 5.91 Å². The number of pyridine rings is 1. The molecule has 1 aromatic heterocycles. The highest BCUT2D eigenvalue weighted by Gasteiger charge is 2.31. The molecule has 1 aromatic carbocycles. The number of anilines is 1. The quantitative estimate of drug-likeness (QED) is 0.801. The van der Waals surface area contributed by atoms with Gasteiger partial charge in [-0.25, -0.2) is 4.98 Å². The van der Waals surface area contributed by atoms with E-state index in [1.807, 2.05) is 0 Å². The van der Waals surface area contributed by atoms with E-state index in [1.165, 1.54) is 38.4 Å². The molecule has 0 saturated heterocycles. The lowest BCUT2D eigenvalue weighted by atomic mass is 10.1. The van der Waals surface area contributed by atoms with Gasteiger partial charge in [0.2, 0.25) is 5.91 Å². The lowest BCUT2D eigenvalue weighted by Gasteiger charge is -2.13. The van der Waals surface area contributed by atoms with Gasteiger partial charge in [0, 0.05) is 36.9 Å². The maximum Gasteiger partial charge on any atom is 0.573 e. The zero-order chi connectivity index (χ0) is 20.0. The summed E-state index contributed by atoms with van der Waals surface area (Å²) in [6.07, 6.45) is -3.45. The summed E-state index contributed by atoms with van der Waals surface area (Å²) in [5, 5.41) is 5.08. The molecule has 0 saturated carbocycles. The van der Waals surface area contributed by atoms with Gasteiger partial charge in [-0.3, -0.25) is 9.59 Å². The van der Waals surface area contributed by atoms with Crippen LogP contribution in [0.2, 0.25) is 0 Å². The third kappa shape index (κ3) is 6.17. The first-order chi connectivity index (χ1) is 12.7. The Morgan fingerprint density at radius 1 is 1.19 bits per heavy atom. The summed E-state index contributed by atoms with van der Waals surface area (Å²) in [6, 6.07) is 6.41. The Balaban J connectivity index is 2.07. The minimum atomic E-state index is -4.81. The highest BCUT2D eigenvalue weighted by atomic mass is 19.4. The summed E-state index contributed by atoms with van der Waals surface area (Å²) in [4.78, 5) is 27.2. The molecule has 0 aliphatic carbocycles. The lowest BCUT2D eigenvalue weighted by Crippen LogP contribution is -2.23. The number of alkyl halides is 3. The second-order valence-electron chi connectivity index (χ2n) is 5.32. The van der Waals surface area contributed by atoms with Gasteiger partial charge in [0.05, 0.1) is 7.11 Å².